The lowest BCUT2D eigenvalue weighted by atomic mass is 10.3. The third-order valence-electron chi connectivity index (χ3n) is 3.51. The maximum atomic E-state index is 6.04. The first kappa shape index (κ1) is 12.7. The molecular formula is C13H19N7. The minimum Gasteiger partial charge on any atom is -0.369 e. The van der Waals surface area contributed by atoms with Crippen molar-refractivity contribution < 1.29 is 0 Å². The van der Waals surface area contributed by atoms with Crippen LogP contribution in [0, 0.1) is 0 Å². The van der Waals surface area contributed by atoms with E-state index in [1.54, 1.807) is 6.20 Å². The highest BCUT2D eigenvalue weighted by molar-refractivity contribution is 5.77. The molecule has 7 nitrogen and oxygen atoms in total. The summed E-state index contributed by atoms with van der Waals surface area (Å²) in [5.41, 5.74) is 8.97. The minimum absolute atomic E-state index is 0.563. The summed E-state index contributed by atoms with van der Waals surface area (Å²) in [6.45, 7) is 3.82. The molecule has 106 valence electrons. The van der Waals surface area contributed by atoms with E-state index in [1.807, 2.05) is 28.8 Å². The Bertz CT molecular complexity index is 705. The Morgan fingerprint density at radius 1 is 1.30 bits per heavy atom. The monoisotopic (exact) mass is 273 g/mol. The molecule has 0 aliphatic carbocycles. The van der Waals surface area contributed by atoms with Gasteiger partial charge in [-0.25, -0.2) is 9.97 Å². The lowest BCUT2D eigenvalue weighted by Crippen LogP contribution is -2.09. The molecule has 0 aliphatic heterocycles. The zero-order valence-corrected chi connectivity index (χ0v) is 11.8. The summed E-state index contributed by atoms with van der Waals surface area (Å²) >= 11 is 0. The molecule has 0 spiro atoms. The molecule has 3 rings (SSSR count). The predicted octanol–water partition coefficient (Wildman–Crippen LogP) is 1.20. The molecular weight excluding hydrogens is 254 g/mol. The fourth-order valence-corrected chi connectivity index (χ4v) is 2.55. The number of aromatic nitrogens is 6. The summed E-state index contributed by atoms with van der Waals surface area (Å²) in [6, 6.07) is 0. The highest BCUT2D eigenvalue weighted by Crippen LogP contribution is 2.21. The number of nitrogen functional groups attached to an aromatic ring is 1. The second-order valence-electron chi connectivity index (χ2n) is 4.87. The van der Waals surface area contributed by atoms with Gasteiger partial charge in [-0.15, -0.1) is 0 Å². The average Bonchev–Trinajstić information content (AvgIpc) is 3.10. The standard InChI is InChI=1S/C13H19N7/c1-3-10-11-12(18(2)17-10)20(13(14)16-11)7-4-6-19-8-5-15-9-19/h5,8-9H,3-4,6-7H2,1-2H3,(H2,14,16). The second kappa shape index (κ2) is 4.99. The van der Waals surface area contributed by atoms with Crippen molar-refractivity contribution in [1.82, 2.24) is 28.9 Å². The molecule has 0 amide bonds. The maximum Gasteiger partial charge on any atom is 0.202 e. The Morgan fingerprint density at radius 2 is 2.15 bits per heavy atom. The maximum absolute atomic E-state index is 6.04. The van der Waals surface area contributed by atoms with Crippen LogP contribution in [0.15, 0.2) is 18.7 Å². The zero-order chi connectivity index (χ0) is 14.1. The van der Waals surface area contributed by atoms with E-state index in [-0.39, 0.29) is 0 Å². The highest BCUT2D eigenvalue weighted by atomic mass is 15.3. The molecule has 20 heavy (non-hydrogen) atoms. The number of nitrogens with two attached hydrogens (primary N) is 1. The Kier molecular flexibility index (Phi) is 3.17. The molecule has 3 aromatic heterocycles. The topological polar surface area (TPSA) is 79.5 Å². The van der Waals surface area contributed by atoms with Crippen molar-refractivity contribution in [3.63, 3.8) is 0 Å². The van der Waals surface area contributed by atoms with Gasteiger partial charge in [0.15, 0.2) is 5.65 Å². The van der Waals surface area contributed by atoms with Crippen molar-refractivity contribution in [3.05, 3.63) is 24.4 Å². The third-order valence-corrected chi connectivity index (χ3v) is 3.51. The number of anilines is 1. The van der Waals surface area contributed by atoms with Gasteiger partial charge in [0.05, 0.1) is 12.0 Å². The van der Waals surface area contributed by atoms with E-state index in [9.17, 15) is 0 Å². The first-order valence-electron chi connectivity index (χ1n) is 6.84. The van der Waals surface area contributed by atoms with Crippen molar-refractivity contribution in [2.45, 2.75) is 32.9 Å². The van der Waals surface area contributed by atoms with E-state index < -0.39 is 0 Å². The fraction of sp³-hybridized carbons (Fsp3) is 0.462. The van der Waals surface area contributed by atoms with Crippen LogP contribution in [0.2, 0.25) is 0 Å². The molecule has 0 saturated carbocycles. The Balaban J connectivity index is 1.83. The van der Waals surface area contributed by atoms with Crippen LogP contribution in [0.3, 0.4) is 0 Å². The summed E-state index contributed by atoms with van der Waals surface area (Å²) in [6.07, 6.45) is 7.41. The molecule has 0 saturated heterocycles. The molecule has 0 atom stereocenters. The van der Waals surface area contributed by atoms with E-state index in [4.69, 9.17) is 5.73 Å². The quantitative estimate of drug-likeness (QED) is 0.757. The van der Waals surface area contributed by atoms with Crippen LogP contribution >= 0.6 is 0 Å². The Morgan fingerprint density at radius 3 is 2.85 bits per heavy atom. The SMILES string of the molecule is CCc1nn(C)c2c1nc(N)n2CCCn1ccnc1. The van der Waals surface area contributed by atoms with E-state index >= 15 is 0 Å². The minimum atomic E-state index is 0.563. The van der Waals surface area contributed by atoms with Gasteiger partial charge < -0.3 is 10.3 Å². The van der Waals surface area contributed by atoms with Gasteiger partial charge in [-0.3, -0.25) is 9.25 Å². The van der Waals surface area contributed by atoms with Gasteiger partial charge in [0.25, 0.3) is 0 Å². The van der Waals surface area contributed by atoms with Crippen molar-refractivity contribution in [2.24, 2.45) is 7.05 Å². The van der Waals surface area contributed by atoms with Crippen LogP contribution in [0.1, 0.15) is 19.0 Å². The zero-order valence-electron chi connectivity index (χ0n) is 11.8. The number of hydrogen-bond acceptors (Lipinski definition) is 4. The number of aryl methyl sites for hydroxylation is 4. The largest absolute Gasteiger partial charge is 0.369 e. The first-order chi connectivity index (χ1) is 9.70. The van der Waals surface area contributed by atoms with Crippen LogP contribution < -0.4 is 5.73 Å². The second-order valence-corrected chi connectivity index (χ2v) is 4.87. The number of nitrogens with zero attached hydrogens (tertiary/aromatic N) is 6. The number of rotatable bonds is 5. The van der Waals surface area contributed by atoms with Gasteiger partial charge in [0, 0.05) is 32.5 Å². The summed E-state index contributed by atoms with van der Waals surface area (Å²) < 4.78 is 5.97. The van der Waals surface area contributed by atoms with Crippen molar-refractivity contribution in [3.8, 4) is 0 Å². The van der Waals surface area contributed by atoms with Gasteiger partial charge >= 0.3 is 0 Å². The molecule has 3 aromatic rings. The Labute approximate surface area is 117 Å². The van der Waals surface area contributed by atoms with E-state index in [0.717, 1.165) is 42.8 Å². The van der Waals surface area contributed by atoms with Gasteiger partial charge in [-0.05, 0) is 12.8 Å². The van der Waals surface area contributed by atoms with Crippen molar-refractivity contribution >= 4 is 17.1 Å². The number of hydrogen-bond donors (Lipinski definition) is 1. The van der Waals surface area contributed by atoms with E-state index in [0.29, 0.717) is 5.95 Å². The lowest BCUT2D eigenvalue weighted by Gasteiger charge is -2.07. The molecule has 0 unspecified atom stereocenters. The van der Waals surface area contributed by atoms with E-state index in [2.05, 4.69) is 26.6 Å². The summed E-state index contributed by atoms with van der Waals surface area (Å²) in [5.74, 6) is 0.563. The third kappa shape index (κ3) is 2.04. The normalized spacial score (nSPS) is 11.5. The number of fused-ring (bicyclic) bond motifs is 1. The van der Waals surface area contributed by atoms with E-state index in [1.165, 1.54) is 0 Å². The Hall–Kier alpha value is -2.31. The van der Waals surface area contributed by atoms with Crippen LogP contribution in [-0.2, 0) is 26.6 Å². The first-order valence-corrected chi connectivity index (χ1v) is 6.84. The van der Waals surface area contributed by atoms with Crippen LogP contribution in [0.4, 0.5) is 5.95 Å². The summed E-state index contributed by atoms with van der Waals surface area (Å²) in [4.78, 5) is 8.50. The van der Waals surface area contributed by atoms with Crippen molar-refractivity contribution in [1.29, 1.82) is 0 Å². The molecule has 2 N–H and O–H groups in total. The van der Waals surface area contributed by atoms with Crippen LogP contribution in [-0.4, -0.2) is 28.9 Å². The fourth-order valence-electron chi connectivity index (χ4n) is 2.55. The molecule has 0 bridgehead atoms. The average molecular weight is 273 g/mol. The molecule has 0 fully saturated rings. The van der Waals surface area contributed by atoms with Gasteiger partial charge in [-0.2, -0.15) is 5.10 Å². The number of imidazole rings is 2. The molecule has 0 aliphatic rings. The van der Waals surface area contributed by atoms with Gasteiger partial charge in [-0.1, -0.05) is 6.92 Å². The molecule has 7 heteroatoms. The molecule has 0 radical (unpaired) electrons. The highest BCUT2D eigenvalue weighted by Gasteiger charge is 2.16. The van der Waals surface area contributed by atoms with Crippen LogP contribution in [0.25, 0.3) is 11.2 Å². The molecule has 3 heterocycles. The van der Waals surface area contributed by atoms with Crippen molar-refractivity contribution in [2.75, 3.05) is 5.73 Å². The van der Waals surface area contributed by atoms with Gasteiger partial charge in [0.2, 0.25) is 5.95 Å². The van der Waals surface area contributed by atoms with Crippen LogP contribution in [0.5, 0.6) is 0 Å². The van der Waals surface area contributed by atoms with Gasteiger partial charge in [0.1, 0.15) is 5.52 Å². The summed E-state index contributed by atoms with van der Waals surface area (Å²) in [5, 5.41) is 4.49. The predicted molar refractivity (Wildman–Crippen MR) is 77.1 cm³/mol. The molecule has 0 aromatic carbocycles. The lowest BCUT2D eigenvalue weighted by molar-refractivity contribution is 0.566. The smallest absolute Gasteiger partial charge is 0.202 e. The summed E-state index contributed by atoms with van der Waals surface area (Å²) in [7, 11) is 1.94.